The number of carbonyl (C=O) groups is 7. The Kier molecular flexibility index (Phi) is 6.78. The molecule has 0 aromatic carbocycles. The van der Waals surface area contributed by atoms with Crippen molar-refractivity contribution in [1.29, 1.82) is 0 Å². The molecule has 0 amide bonds. The van der Waals surface area contributed by atoms with Crippen LogP contribution in [0.25, 0.3) is 0 Å². The van der Waals surface area contributed by atoms with Crippen LogP contribution in [0.4, 0.5) is 0 Å². The lowest BCUT2D eigenvalue weighted by atomic mass is 9.59. The largest absolute Gasteiger partial charge is 0.300 e. The zero-order chi connectivity index (χ0) is 19.5. The van der Waals surface area contributed by atoms with Crippen LogP contribution < -0.4 is 0 Å². The maximum atomic E-state index is 13.1. The fourth-order valence-electron chi connectivity index (χ4n) is 2.94. The summed E-state index contributed by atoms with van der Waals surface area (Å²) in [7, 11) is 0. The Morgan fingerprint density at radius 1 is 0.583 bits per heavy atom. The van der Waals surface area contributed by atoms with Crippen LogP contribution in [0.1, 0.15) is 54.4 Å². The fourth-order valence-corrected chi connectivity index (χ4v) is 2.94. The van der Waals surface area contributed by atoms with E-state index in [1.807, 2.05) is 0 Å². The van der Waals surface area contributed by atoms with Gasteiger partial charge < -0.3 is 4.79 Å². The van der Waals surface area contributed by atoms with E-state index in [2.05, 4.69) is 0 Å². The summed E-state index contributed by atoms with van der Waals surface area (Å²) in [5.74, 6) is -6.71. The van der Waals surface area contributed by atoms with Crippen molar-refractivity contribution in [2.24, 2.45) is 10.8 Å². The smallest absolute Gasteiger partial charge is 0.203 e. The molecule has 0 unspecified atom stereocenters. The lowest BCUT2D eigenvalue weighted by molar-refractivity contribution is -0.160. The molecule has 0 bridgehead atoms. The lowest BCUT2D eigenvalue weighted by Gasteiger charge is -2.35. The summed E-state index contributed by atoms with van der Waals surface area (Å²) in [4.78, 5) is 84.9. The van der Waals surface area contributed by atoms with Crippen molar-refractivity contribution in [3.05, 3.63) is 0 Å². The van der Waals surface area contributed by atoms with Crippen LogP contribution in [0.2, 0.25) is 0 Å². The minimum Gasteiger partial charge on any atom is -0.300 e. The normalized spacial score (nSPS) is 11.6. The topological polar surface area (TPSA) is 119 Å². The SMILES string of the molecule is CC(=O)CCC(C(C)=O)(C(C)=O)C(=O)C(C(C)=O)(C(C)=O)C(C)=O. The van der Waals surface area contributed by atoms with E-state index in [0.29, 0.717) is 0 Å². The molecule has 0 aliphatic rings. The van der Waals surface area contributed by atoms with Crippen LogP contribution in [-0.2, 0) is 33.6 Å². The van der Waals surface area contributed by atoms with Crippen molar-refractivity contribution in [2.75, 3.05) is 0 Å². The number of carbonyl (C=O) groups excluding carboxylic acids is 7. The van der Waals surface area contributed by atoms with Gasteiger partial charge in [-0.05, 0) is 48.0 Å². The third-order valence-corrected chi connectivity index (χ3v) is 4.37. The van der Waals surface area contributed by atoms with E-state index in [1.165, 1.54) is 6.92 Å². The van der Waals surface area contributed by atoms with Crippen molar-refractivity contribution < 1.29 is 33.6 Å². The Bertz CT molecular complexity index is 589. The molecular weight excluding hydrogens is 316 g/mol. The number of hydrogen-bond donors (Lipinski definition) is 0. The Labute approximate surface area is 140 Å². The van der Waals surface area contributed by atoms with E-state index < -0.39 is 52.0 Å². The zero-order valence-corrected chi connectivity index (χ0v) is 14.8. The van der Waals surface area contributed by atoms with Crippen molar-refractivity contribution in [3.8, 4) is 0 Å². The van der Waals surface area contributed by atoms with E-state index >= 15 is 0 Å². The molecule has 0 N–H and O–H groups in total. The predicted molar refractivity (Wildman–Crippen MR) is 83.2 cm³/mol. The molecule has 132 valence electrons. The van der Waals surface area contributed by atoms with E-state index in [-0.39, 0.29) is 12.2 Å². The standard InChI is InChI=1S/C17H22O7/c1-9(18)7-8-16(10(2)19,11(3)20)15(24)17(12(4)21,13(5)22)14(6)23/h7-8H2,1-6H3. The molecule has 7 nitrogen and oxygen atoms in total. The summed E-state index contributed by atoms with van der Waals surface area (Å²) >= 11 is 0. The fraction of sp³-hybridized carbons (Fsp3) is 0.588. The summed E-state index contributed by atoms with van der Waals surface area (Å²) in [6.45, 7) is 5.79. The summed E-state index contributed by atoms with van der Waals surface area (Å²) in [6.07, 6.45) is -0.768. The number of ketones is 7. The zero-order valence-electron chi connectivity index (χ0n) is 14.8. The second-order valence-corrected chi connectivity index (χ2v) is 5.97. The van der Waals surface area contributed by atoms with Crippen molar-refractivity contribution in [3.63, 3.8) is 0 Å². The molecule has 0 atom stereocenters. The highest BCUT2D eigenvalue weighted by Crippen LogP contribution is 2.38. The van der Waals surface area contributed by atoms with Crippen molar-refractivity contribution >= 4 is 40.5 Å². The number of hydrogen-bond acceptors (Lipinski definition) is 7. The van der Waals surface area contributed by atoms with Gasteiger partial charge in [-0.25, -0.2) is 0 Å². The van der Waals surface area contributed by atoms with Gasteiger partial charge in [0.2, 0.25) is 5.41 Å². The van der Waals surface area contributed by atoms with Crippen LogP contribution >= 0.6 is 0 Å². The quantitative estimate of drug-likeness (QED) is 0.541. The molecule has 0 spiro atoms. The van der Waals surface area contributed by atoms with Gasteiger partial charge in [0.1, 0.15) is 11.2 Å². The summed E-state index contributed by atoms with van der Waals surface area (Å²) in [5.41, 5.74) is -5.09. The highest BCUT2D eigenvalue weighted by molar-refractivity contribution is 6.44. The Hall–Kier alpha value is -2.31. The second-order valence-electron chi connectivity index (χ2n) is 5.97. The molecule has 0 aliphatic heterocycles. The van der Waals surface area contributed by atoms with Gasteiger partial charge in [0.05, 0.1) is 0 Å². The summed E-state index contributed by atoms with van der Waals surface area (Å²) in [6, 6.07) is 0. The van der Waals surface area contributed by atoms with Gasteiger partial charge in [0, 0.05) is 6.42 Å². The van der Waals surface area contributed by atoms with Crippen molar-refractivity contribution in [1.82, 2.24) is 0 Å². The molecule has 0 heterocycles. The van der Waals surface area contributed by atoms with Gasteiger partial charge in [-0.15, -0.1) is 0 Å². The van der Waals surface area contributed by atoms with E-state index in [1.54, 1.807) is 0 Å². The summed E-state index contributed by atoms with van der Waals surface area (Å²) < 4.78 is 0. The molecular formula is C17H22O7. The Balaban J connectivity index is 6.73. The maximum Gasteiger partial charge on any atom is 0.203 e. The average molecular weight is 338 g/mol. The first-order chi connectivity index (χ1) is 10.8. The average Bonchev–Trinajstić information content (AvgIpc) is 2.37. The van der Waals surface area contributed by atoms with Crippen LogP contribution in [0, 0.1) is 10.8 Å². The number of rotatable bonds is 10. The first kappa shape index (κ1) is 21.7. The molecule has 0 saturated carbocycles. The minimum atomic E-state index is -2.71. The van der Waals surface area contributed by atoms with Gasteiger partial charge in [0.25, 0.3) is 0 Å². The first-order valence-corrected chi connectivity index (χ1v) is 7.39. The van der Waals surface area contributed by atoms with E-state index in [4.69, 9.17) is 0 Å². The van der Waals surface area contributed by atoms with Gasteiger partial charge in [-0.1, -0.05) is 0 Å². The molecule has 7 heteroatoms. The minimum absolute atomic E-state index is 0.283. The second kappa shape index (κ2) is 7.51. The van der Waals surface area contributed by atoms with E-state index in [9.17, 15) is 33.6 Å². The van der Waals surface area contributed by atoms with Gasteiger partial charge in [-0.3, -0.25) is 28.8 Å². The predicted octanol–water partition coefficient (Wildman–Crippen LogP) is 0.842. The Morgan fingerprint density at radius 3 is 1.12 bits per heavy atom. The number of Topliss-reactive ketones (excluding diaryl/α,β-unsaturated/α-hetero) is 7. The van der Waals surface area contributed by atoms with Crippen molar-refractivity contribution in [2.45, 2.75) is 54.4 Å². The Morgan fingerprint density at radius 2 is 0.917 bits per heavy atom. The molecule has 0 radical (unpaired) electrons. The monoisotopic (exact) mass is 338 g/mol. The van der Waals surface area contributed by atoms with E-state index in [0.717, 1.165) is 34.6 Å². The maximum absolute atomic E-state index is 13.1. The highest BCUT2D eigenvalue weighted by Gasteiger charge is 2.62. The molecule has 0 rings (SSSR count). The van der Waals surface area contributed by atoms with Gasteiger partial charge >= 0.3 is 0 Å². The molecule has 0 aliphatic carbocycles. The third kappa shape index (κ3) is 3.29. The van der Waals surface area contributed by atoms with Gasteiger partial charge in [0.15, 0.2) is 34.7 Å². The van der Waals surface area contributed by atoms with Crippen LogP contribution in [0.15, 0.2) is 0 Å². The van der Waals surface area contributed by atoms with Crippen LogP contribution in [0.3, 0.4) is 0 Å². The third-order valence-electron chi connectivity index (χ3n) is 4.37. The van der Waals surface area contributed by atoms with Crippen LogP contribution in [-0.4, -0.2) is 40.5 Å². The molecule has 0 aromatic rings. The van der Waals surface area contributed by atoms with Gasteiger partial charge in [-0.2, -0.15) is 0 Å². The molecule has 0 fully saturated rings. The first-order valence-electron chi connectivity index (χ1n) is 7.39. The highest BCUT2D eigenvalue weighted by atomic mass is 16.2. The lowest BCUT2D eigenvalue weighted by Crippen LogP contribution is -2.60. The van der Waals surface area contributed by atoms with Crippen LogP contribution in [0.5, 0.6) is 0 Å². The molecule has 0 aromatic heterocycles. The molecule has 0 saturated heterocycles. The summed E-state index contributed by atoms with van der Waals surface area (Å²) in [5, 5.41) is 0. The molecule has 24 heavy (non-hydrogen) atoms.